The maximum absolute atomic E-state index is 12.7. The first-order chi connectivity index (χ1) is 9.45. The van der Waals surface area contributed by atoms with E-state index in [1.807, 2.05) is 0 Å². The van der Waals surface area contributed by atoms with E-state index in [9.17, 15) is 26.8 Å². The summed E-state index contributed by atoms with van der Waals surface area (Å²) >= 11 is 0. The fourth-order valence-electron chi connectivity index (χ4n) is 1.03. The van der Waals surface area contributed by atoms with Crippen molar-refractivity contribution in [1.29, 1.82) is 0 Å². The molecule has 1 saturated heterocycles. The molecule has 0 spiro atoms. The molecular formula is C10H14F2O8S. The lowest BCUT2D eigenvalue weighted by Crippen LogP contribution is -2.34. The zero-order valence-electron chi connectivity index (χ0n) is 11.0. The van der Waals surface area contributed by atoms with Gasteiger partial charge in [-0.1, -0.05) is 0 Å². The van der Waals surface area contributed by atoms with Gasteiger partial charge in [-0.2, -0.15) is 17.2 Å². The van der Waals surface area contributed by atoms with E-state index in [1.165, 1.54) is 0 Å². The van der Waals surface area contributed by atoms with E-state index in [0.717, 1.165) is 0 Å². The van der Waals surface area contributed by atoms with Gasteiger partial charge in [0.25, 0.3) is 0 Å². The maximum Gasteiger partial charge on any atom is 0.402 e. The van der Waals surface area contributed by atoms with Crippen molar-refractivity contribution in [3.63, 3.8) is 0 Å². The van der Waals surface area contributed by atoms with E-state index in [-0.39, 0.29) is 6.61 Å². The van der Waals surface area contributed by atoms with Gasteiger partial charge in [-0.3, -0.25) is 14.1 Å². The molecule has 8 nitrogen and oxygen atoms in total. The Labute approximate surface area is 119 Å². The van der Waals surface area contributed by atoms with Crippen LogP contribution in [0.3, 0.4) is 0 Å². The Hall–Kier alpha value is -1.33. The number of alkyl halides is 2. The topological polar surface area (TPSA) is 120 Å². The molecule has 21 heavy (non-hydrogen) atoms. The van der Waals surface area contributed by atoms with Crippen LogP contribution in [0, 0.1) is 0 Å². The maximum atomic E-state index is 12.7. The quantitative estimate of drug-likeness (QED) is 0.378. The fraction of sp³-hybridized carbons (Fsp3) is 0.800. The highest BCUT2D eigenvalue weighted by Gasteiger charge is 2.45. The summed E-state index contributed by atoms with van der Waals surface area (Å²) in [4.78, 5) is 22.3. The minimum Gasteiger partial charge on any atom is -0.463 e. The molecule has 1 aliphatic rings. The van der Waals surface area contributed by atoms with Crippen LogP contribution in [-0.4, -0.2) is 55.6 Å². The third kappa shape index (κ3) is 5.89. The summed E-state index contributed by atoms with van der Waals surface area (Å²) in [5.41, 5.74) is -0.506. The Balaban J connectivity index is 2.23. The van der Waals surface area contributed by atoms with Crippen LogP contribution in [0.5, 0.6) is 0 Å². The molecule has 122 valence electrons. The van der Waals surface area contributed by atoms with Crippen molar-refractivity contribution in [3.05, 3.63) is 0 Å². The molecular weight excluding hydrogens is 318 g/mol. The van der Waals surface area contributed by atoms with Crippen LogP contribution in [0.1, 0.15) is 19.8 Å². The van der Waals surface area contributed by atoms with Crippen molar-refractivity contribution in [2.75, 3.05) is 19.8 Å². The normalized spacial score (nSPS) is 21.7. The largest absolute Gasteiger partial charge is 0.463 e. The number of hydrogen-bond donors (Lipinski definition) is 1. The first kappa shape index (κ1) is 17.7. The van der Waals surface area contributed by atoms with Crippen LogP contribution in [0.4, 0.5) is 8.78 Å². The van der Waals surface area contributed by atoms with Gasteiger partial charge in [0.2, 0.25) is 0 Å². The van der Waals surface area contributed by atoms with Gasteiger partial charge in [0.1, 0.15) is 12.2 Å². The molecule has 1 fully saturated rings. The lowest BCUT2D eigenvalue weighted by molar-refractivity contribution is -0.154. The monoisotopic (exact) mass is 332 g/mol. The molecule has 0 amide bonds. The van der Waals surface area contributed by atoms with Crippen LogP contribution in [-0.2, 0) is 33.9 Å². The molecule has 1 rings (SSSR count). The summed E-state index contributed by atoms with van der Waals surface area (Å²) in [5, 5.41) is -4.60. The standard InChI is InChI=1S/C10H14F2O8S/c1-9(5-20-9)4-18-7(13)2-3-8(14)19-6-10(11,12)21(15,16)17/h2-6H2,1H3,(H,15,16,17). The molecule has 0 saturated carbocycles. The molecule has 0 aromatic carbocycles. The van der Waals surface area contributed by atoms with E-state index < -0.39 is 52.4 Å². The van der Waals surface area contributed by atoms with Crippen LogP contribution in [0.2, 0.25) is 0 Å². The number of ether oxygens (including phenoxy) is 3. The molecule has 11 heteroatoms. The van der Waals surface area contributed by atoms with Crippen LogP contribution < -0.4 is 0 Å². The Kier molecular flexibility index (Phi) is 5.23. The molecule has 0 aromatic heterocycles. The van der Waals surface area contributed by atoms with Gasteiger partial charge >= 0.3 is 27.3 Å². The van der Waals surface area contributed by atoms with Crippen molar-refractivity contribution in [2.45, 2.75) is 30.6 Å². The number of esters is 2. The zero-order valence-corrected chi connectivity index (χ0v) is 11.8. The molecule has 1 aliphatic heterocycles. The van der Waals surface area contributed by atoms with Gasteiger partial charge in [-0.15, -0.1) is 0 Å². The predicted molar refractivity (Wildman–Crippen MR) is 62.0 cm³/mol. The van der Waals surface area contributed by atoms with Crippen LogP contribution in [0.15, 0.2) is 0 Å². The molecule has 1 atom stereocenters. The van der Waals surface area contributed by atoms with Crippen LogP contribution >= 0.6 is 0 Å². The SMILES string of the molecule is CC1(COC(=O)CCC(=O)OCC(F)(F)S(=O)(=O)O)CO1. The number of carbonyl (C=O) groups excluding carboxylic acids is 2. The first-order valence-electron chi connectivity index (χ1n) is 5.75. The third-order valence-electron chi connectivity index (χ3n) is 2.49. The highest BCUT2D eigenvalue weighted by atomic mass is 32.2. The molecule has 1 N–H and O–H groups in total. The van der Waals surface area contributed by atoms with E-state index >= 15 is 0 Å². The molecule has 0 aromatic rings. The average molecular weight is 332 g/mol. The molecule has 0 bridgehead atoms. The summed E-state index contributed by atoms with van der Waals surface area (Å²) in [6.45, 7) is 0.353. The smallest absolute Gasteiger partial charge is 0.402 e. The molecule has 1 unspecified atom stereocenters. The molecule has 0 aliphatic carbocycles. The van der Waals surface area contributed by atoms with Crippen LogP contribution in [0.25, 0.3) is 0 Å². The Bertz CT molecular complexity index is 511. The number of halogens is 2. The highest BCUT2D eigenvalue weighted by Crippen LogP contribution is 2.26. The average Bonchev–Trinajstić information content (AvgIpc) is 3.09. The number of rotatable bonds is 8. The second-order valence-electron chi connectivity index (χ2n) is 4.67. The molecule has 0 radical (unpaired) electrons. The van der Waals surface area contributed by atoms with Gasteiger partial charge in [0.05, 0.1) is 19.4 Å². The minimum absolute atomic E-state index is 0.0156. The Morgan fingerprint density at radius 2 is 1.76 bits per heavy atom. The number of hydrogen-bond acceptors (Lipinski definition) is 7. The highest BCUT2D eigenvalue weighted by molar-refractivity contribution is 7.86. The third-order valence-corrected chi connectivity index (χ3v) is 3.36. The summed E-state index contributed by atoms with van der Waals surface area (Å²) in [6.07, 6.45) is -0.968. The predicted octanol–water partition coefficient (Wildman–Crippen LogP) is 0.122. The second-order valence-corrected chi connectivity index (χ2v) is 6.22. The summed E-state index contributed by atoms with van der Waals surface area (Å²) < 4.78 is 67.8. The summed E-state index contributed by atoms with van der Waals surface area (Å²) in [6, 6.07) is 0. The van der Waals surface area contributed by atoms with Crippen molar-refractivity contribution in [2.24, 2.45) is 0 Å². The van der Waals surface area contributed by atoms with Gasteiger partial charge in [0.15, 0.2) is 6.61 Å². The second kappa shape index (κ2) is 6.20. The Morgan fingerprint density at radius 1 is 1.29 bits per heavy atom. The zero-order chi connectivity index (χ0) is 16.3. The van der Waals surface area contributed by atoms with Gasteiger partial charge in [-0.05, 0) is 6.92 Å². The minimum atomic E-state index is -5.66. The van der Waals surface area contributed by atoms with E-state index in [0.29, 0.717) is 6.61 Å². The summed E-state index contributed by atoms with van der Waals surface area (Å²) in [7, 11) is -5.66. The molecule has 1 heterocycles. The lowest BCUT2D eigenvalue weighted by atomic mass is 10.2. The van der Waals surface area contributed by atoms with Gasteiger partial charge in [-0.25, -0.2) is 0 Å². The van der Waals surface area contributed by atoms with E-state index in [2.05, 4.69) is 4.74 Å². The first-order valence-corrected chi connectivity index (χ1v) is 7.19. The Morgan fingerprint density at radius 3 is 2.19 bits per heavy atom. The number of carbonyl (C=O) groups is 2. The lowest BCUT2D eigenvalue weighted by Gasteiger charge is -2.12. The van der Waals surface area contributed by atoms with Crippen molar-refractivity contribution in [3.8, 4) is 0 Å². The number of epoxide rings is 1. The van der Waals surface area contributed by atoms with Crippen molar-refractivity contribution >= 4 is 22.1 Å². The summed E-state index contributed by atoms with van der Waals surface area (Å²) in [5.74, 6) is -1.96. The van der Waals surface area contributed by atoms with Gasteiger partial charge in [0, 0.05) is 0 Å². The van der Waals surface area contributed by atoms with Gasteiger partial charge < -0.3 is 14.2 Å². The fourth-order valence-corrected chi connectivity index (χ4v) is 1.23. The van der Waals surface area contributed by atoms with E-state index in [4.69, 9.17) is 14.0 Å². The van der Waals surface area contributed by atoms with Crippen molar-refractivity contribution < 1.29 is 45.6 Å². The van der Waals surface area contributed by atoms with Crippen molar-refractivity contribution in [1.82, 2.24) is 0 Å². The van der Waals surface area contributed by atoms with E-state index in [1.54, 1.807) is 6.92 Å².